The number of aromatic nitrogens is 2. The first-order valence-corrected chi connectivity index (χ1v) is 18.7. The number of hydrogen-bond donors (Lipinski definition) is 1. The fourth-order valence-electron chi connectivity index (χ4n) is 7.07. The number of rotatable bonds is 14. The van der Waals surface area contributed by atoms with Crippen LogP contribution in [0.2, 0.25) is 10.0 Å². The van der Waals surface area contributed by atoms with E-state index < -0.39 is 24.2 Å². The summed E-state index contributed by atoms with van der Waals surface area (Å²) in [5, 5.41) is 3.85. The second kappa shape index (κ2) is 17.4. The number of alkyl carbamates (subject to hydrolysis) is 1. The van der Waals surface area contributed by atoms with E-state index in [2.05, 4.69) is 20.2 Å². The van der Waals surface area contributed by atoms with Gasteiger partial charge in [-0.15, -0.1) is 0 Å². The predicted octanol–water partition coefficient (Wildman–Crippen LogP) is 7.44. The number of carbonyl (C=O) groups excluding carboxylic acids is 2. The van der Waals surface area contributed by atoms with E-state index >= 15 is 0 Å². The average molecular weight is 789 g/mol. The number of aromatic amines is 1. The molecule has 1 amide bonds. The van der Waals surface area contributed by atoms with Gasteiger partial charge in [0.2, 0.25) is 5.89 Å². The minimum Gasteiger partial charge on any atom is -0.493 e. The smallest absolute Gasteiger partial charge is 0.408 e. The minimum atomic E-state index is -0.831. The van der Waals surface area contributed by atoms with E-state index in [1.54, 1.807) is 36.7 Å². The van der Waals surface area contributed by atoms with Crippen LogP contribution in [-0.2, 0) is 22.5 Å². The summed E-state index contributed by atoms with van der Waals surface area (Å²) in [7, 11) is 3.06. The van der Waals surface area contributed by atoms with Gasteiger partial charge >= 0.3 is 12.1 Å². The molecule has 12 nitrogen and oxygen atoms in total. The molecule has 2 bridgehead atoms. The molecule has 3 aliphatic heterocycles. The van der Waals surface area contributed by atoms with Crippen molar-refractivity contribution in [1.29, 1.82) is 0 Å². The molecule has 2 N–H and O–H groups in total. The number of nitrogens with one attached hydrogen (secondary N) is 2. The van der Waals surface area contributed by atoms with E-state index in [0.717, 1.165) is 43.6 Å². The first-order chi connectivity index (χ1) is 26.8. The quantitative estimate of drug-likeness (QED) is 0.113. The molecule has 0 aliphatic carbocycles. The number of carbonyl (C=O) groups is 2. The molecule has 5 aromatic rings. The topological polar surface area (TPSA) is 136 Å². The Morgan fingerprint density at radius 2 is 1.67 bits per heavy atom. The third-order valence-electron chi connectivity index (χ3n) is 9.98. The highest BCUT2D eigenvalue weighted by molar-refractivity contribution is 6.35. The Balaban J connectivity index is 1.03. The van der Waals surface area contributed by atoms with Crippen molar-refractivity contribution in [2.24, 2.45) is 5.92 Å². The summed E-state index contributed by atoms with van der Waals surface area (Å²) in [6.07, 6.45) is 5.26. The number of H-pyrrole nitrogens is 1. The Morgan fingerprint density at radius 1 is 0.927 bits per heavy atom. The van der Waals surface area contributed by atoms with Gasteiger partial charge in [0, 0.05) is 18.5 Å². The SMILES string of the molecule is COc1ccc([C@H](Cc2c(Cl)c[nH+]cc2Cl)OC(=O)c2coc(COc3cccc([C@@H](NC(=O)O[C@H]4CN5CCC4CC5)c4ccccc4)c3)n2)cc1OC. The lowest BCUT2D eigenvalue weighted by atomic mass is 9.86. The van der Waals surface area contributed by atoms with E-state index in [4.69, 9.17) is 51.3 Å². The first-order valence-electron chi connectivity index (χ1n) is 18.0. The second-order valence-corrected chi connectivity index (χ2v) is 14.2. The number of pyridine rings is 1. The Bertz CT molecular complexity index is 2090. The van der Waals surface area contributed by atoms with Gasteiger partial charge in [-0.1, -0.05) is 71.7 Å². The molecule has 2 aromatic heterocycles. The maximum Gasteiger partial charge on any atom is 0.408 e. The number of methoxy groups -OCH3 is 2. The molecule has 14 heteroatoms. The highest BCUT2D eigenvalue weighted by atomic mass is 35.5. The molecule has 0 spiro atoms. The number of ether oxygens (including phenoxy) is 5. The zero-order valence-electron chi connectivity index (χ0n) is 30.3. The molecular formula is C41H41Cl2N4O8+. The van der Waals surface area contributed by atoms with Crippen molar-refractivity contribution in [2.75, 3.05) is 33.9 Å². The fourth-order valence-corrected chi connectivity index (χ4v) is 7.60. The van der Waals surface area contributed by atoms with Gasteiger partial charge in [-0.25, -0.2) is 19.6 Å². The van der Waals surface area contributed by atoms with Gasteiger partial charge in [-0.3, -0.25) is 4.90 Å². The van der Waals surface area contributed by atoms with Crippen LogP contribution in [0.3, 0.4) is 0 Å². The Morgan fingerprint density at radius 3 is 2.38 bits per heavy atom. The number of nitrogens with zero attached hydrogens (tertiary/aromatic N) is 2. The number of esters is 1. The van der Waals surface area contributed by atoms with Crippen LogP contribution in [0.5, 0.6) is 17.2 Å². The van der Waals surface area contributed by atoms with E-state index in [9.17, 15) is 9.59 Å². The van der Waals surface area contributed by atoms with Crippen LogP contribution in [0.4, 0.5) is 4.79 Å². The second-order valence-electron chi connectivity index (χ2n) is 13.4. The molecule has 3 fully saturated rings. The highest BCUT2D eigenvalue weighted by Crippen LogP contribution is 2.36. The van der Waals surface area contributed by atoms with Crippen LogP contribution in [0.25, 0.3) is 0 Å². The molecular weight excluding hydrogens is 747 g/mol. The van der Waals surface area contributed by atoms with Crippen molar-refractivity contribution >= 4 is 35.3 Å². The number of fused-ring (bicyclic) bond motifs is 3. The third-order valence-corrected chi connectivity index (χ3v) is 10.7. The first kappa shape index (κ1) is 38.0. The summed E-state index contributed by atoms with van der Waals surface area (Å²) in [6.45, 7) is 2.81. The van der Waals surface area contributed by atoms with Crippen molar-refractivity contribution in [1.82, 2.24) is 15.2 Å². The van der Waals surface area contributed by atoms with E-state index in [1.807, 2.05) is 48.5 Å². The van der Waals surface area contributed by atoms with E-state index in [-0.39, 0.29) is 30.7 Å². The van der Waals surface area contributed by atoms with E-state index in [0.29, 0.717) is 44.3 Å². The van der Waals surface area contributed by atoms with Gasteiger partial charge in [0.05, 0.1) is 20.3 Å². The van der Waals surface area contributed by atoms with Crippen molar-refractivity contribution in [3.05, 3.63) is 135 Å². The molecule has 3 aromatic carbocycles. The average Bonchev–Trinajstić information content (AvgIpc) is 3.70. The van der Waals surface area contributed by atoms with Crippen molar-refractivity contribution in [3.8, 4) is 17.2 Å². The summed E-state index contributed by atoms with van der Waals surface area (Å²) in [4.78, 5) is 36.3. The molecule has 8 rings (SSSR count). The molecule has 5 heterocycles. The van der Waals surface area contributed by atoms with Crippen LogP contribution >= 0.6 is 23.2 Å². The maximum absolute atomic E-state index is 13.5. The monoisotopic (exact) mass is 787 g/mol. The summed E-state index contributed by atoms with van der Waals surface area (Å²) in [6, 6.07) is 21.8. The van der Waals surface area contributed by atoms with Crippen molar-refractivity contribution < 1.29 is 42.7 Å². The van der Waals surface area contributed by atoms with Crippen LogP contribution in [0.1, 0.15) is 63.6 Å². The number of oxazole rings is 1. The Kier molecular flexibility index (Phi) is 12.1. The van der Waals surface area contributed by atoms with Crippen molar-refractivity contribution in [3.63, 3.8) is 0 Å². The Hall–Kier alpha value is -5.30. The molecule has 0 radical (unpaired) electrons. The van der Waals surface area contributed by atoms with Crippen LogP contribution in [-0.4, -0.2) is 61.9 Å². The number of piperidine rings is 3. The standard InChI is InChI=1S/C41H40Cl2N4O8/c1-50-34-12-11-27(18-36(34)51-2)35(19-30-31(42)20-44-21-32(30)43)54-40(48)33-23-53-38(45-33)24-52-29-10-6-9-28(17-29)39(26-7-4-3-5-8-26)46-41(49)55-37-22-47-15-13-25(37)14-16-47/h3-12,17-18,20-21,23,25,35,37,39H,13-16,19,22,24H2,1-2H3,(H,46,49)/p+1/t35-,37-,39-/m0/s1. The third kappa shape index (κ3) is 9.16. The van der Waals surface area contributed by atoms with Gasteiger partial charge in [0.15, 0.2) is 36.2 Å². The minimum absolute atomic E-state index is 0.0498. The summed E-state index contributed by atoms with van der Waals surface area (Å²) < 4.78 is 34.5. The fraction of sp³-hybridized carbons (Fsp3) is 0.317. The lowest BCUT2D eigenvalue weighted by molar-refractivity contribution is -0.377. The number of hydrogen-bond acceptors (Lipinski definition) is 10. The largest absolute Gasteiger partial charge is 0.493 e. The van der Waals surface area contributed by atoms with Gasteiger partial charge in [-0.2, -0.15) is 0 Å². The van der Waals surface area contributed by atoms with Gasteiger partial charge in [0.1, 0.15) is 34.3 Å². The molecule has 0 saturated carbocycles. The maximum atomic E-state index is 13.5. The normalized spacial score (nSPS) is 18.5. The lowest BCUT2D eigenvalue weighted by Gasteiger charge is -2.43. The molecule has 3 aliphatic rings. The number of halogens is 2. The molecule has 3 atom stereocenters. The molecule has 3 saturated heterocycles. The zero-order valence-corrected chi connectivity index (χ0v) is 31.8. The van der Waals surface area contributed by atoms with E-state index in [1.165, 1.54) is 20.5 Å². The summed E-state index contributed by atoms with van der Waals surface area (Å²) in [5.41, 5.74) is 2.84. The molecule has 286 valence electrons. The number of benzene rings is 3. The van der Waals surface area contributed by atoms with Crippen molar-refractivity contribution in [2.45, 2.75) is 44.1 Å². The van der Waals surface area contributed by atoms with Gasteiger partial charge in [-0.05, 0) is 72.8 Å². The van der Waals surface area contributed by atoms with Crippen LogP contribution in [0.15, 0.2) is 95.9 Å². The summed E-state index contributed by atoms with van der Waals surface area (Å²) in [5.74, 6) is 1.31. The lowest BCUT2D eigenvalue weighted by Crippen LogP contribution is -2.52. The molecule has 55 heavy (non-hydrogen) atoms. The summed E-state index contributed by atoms with van der Waals surface area (Å²) >= 11 is 12.9. The highest BCUT2D eigenvalue weighted by Gasteiger charge is 2.37. The zero-order chi connectivity index (χ0) is 38.3. The van der Waals surface area contributed by atoms with Gasteiger partial charge in [0.25, 0.3) is 0 Å². The van der Waals surface area contributed by atoms with Gasteiger partial charge < -0.3 is 33.4 Å². The van der Waals surface area contributed by atoms with Crippen LogP contribution < -0.4 is 24.5 Å². The number of amides is 1. The molecule has 0 unspecified atom stereocenters. The van der Waals surface area contributed by atoms with Crippen LogP contribution in [0, 0.1) is 5.92 Å². The predicted molar refractivity (Wildman–Crippen MR) is 203 cm³/mol. The Labute approximate surface area is 328 Å².